The van der Waals surface area contributed by atoms with Crippen LogP contribution in [0.15, 0.2) is 51.8 Å². The van der Waals surface area contributed by atoms with Crippen LogP contribution in [0.5, 0.6) is 0 Å². The predicted octanol–water partition coefficient (Wildman–Crippen LogP) is 4.77. The van der Waals surface area contributed by atoms with Crippen LogP contribution in [0.1, 0.15) is 39.0 Å². The van der Waals surface area contributed by atoms with Gasteiger partial charge in [0, 0.05) is 27.4 Å². The van der Waals surface area contributed by atoms with Crippen molar-refractivity contribution >= 4 is 54.8 Å². The van der Waals surface area contributed by atoms with Crippen LogP contribution in [0.3, 0.4) is 0 Å². The van der Waals surface area contributed by atoms with E-state index in [0.717, 1.165) is 0 Å². The van der Waals surface area contributed by atoms with Crippen LogP contribution in [0.25, 0.3) is 21.7 Å². The predicted molar refractivity (Wildman–Crippen MR) is 118 cm³/mol. The Morgan fingerprint density at radius 1 is 1.06 bits per heavy atom. The number of fused-ring (bicyclic) bond motifs is 1. The number of benzene rings is 3. The van der Waals surface area contributed by atoms with Crippen molar-refractivity contribution in [3.05, 3.63) is 64.9 Å². The van der Waals surface area contributed by atoms with Gasteiger partial charge in [-0.3, -0.25) is 14.3 Å². The van der Waals surface area contributed by atoms with Crippen molar-refractivity contribution in [2.24, 2.45) is 0 Å². The fourth-order valence-corrected chi connectivity index (χ4v) is 5.54. The van der Waals surface area contributed by atoms with Gasteiger partial charge >= 0.3 is 0 Å². The first-order chi connectivity index (χ1) is 14.7. The fraction of sp³-hybridized carbons (Fsp3) is 0.130. The van der Waals surface area contributed by atoms with Gasteiger partial charge in [0.05, 0.1) is 16.1 Å². The van der Waals surface area contributed by atoms with Gasteiger partial charge in [0.2, 0.25) is 0 Å². The molecule has 0 aliphatic carbocycles. The first-order valence-electron chi connectivity index (χ1n) is 9.62. The molecule has 2 N–H and O–H groups in total. The van der Waals surface area contributed by atoms with Crippen LogP contribution < -0.4 is 10.0 Å². The van der Waals surface area contributed by atoms with Gasteiger partial charge in [-0.25, -0.2) is 8.42 Å². The number of rotatable bonds is 4. The second-order valence-electron chi connectivity index (χ2n) is 7.65. The molecule has 3 aromatic carbocycles. The van der Waals surface area contributed by atoms with Crippen LogP contribution in [0, 0.1) is 13.8 Å². The molecule has 31 heavy (non-hydrogen) atoms. The third kappa shape index (κ3) is 2.83. The van der Waals surface area contributed by atoms with E-state index in [4.69, 9.17) is 4.42 Å². The molecule has 0 radical (unpaired) electrons. The van der Waals surface area contributed by atoms with Gasteiger partial charge in [0.25, 0.3) is 15.9 Å². The molecule has 4 aromatic rings. The summed E-state index contributed by atoms with van der Waals surface area (Å²) >= 11 is 0. The SMILES string of the molecule is CC(=O)c1c(C)oc2cc(C)c(NS(=O)(=O)c3ccc4c5c(cccc35)C(=O)N4)cc12. The lowest BCUT2D eigenvalue weighted by Gasteiger charge is -2.13. The van der Waals surface area contributed by atoms with Crippen LogP contribution in [0.4, 0.5) is 11.4 Å². The van der Waals surface area contributed by atoms with Crippen molar-refractivity contribution in [2.75, 3.05) is 10.0 Å². The highest BCUT2D eigenvalue weighted by molar-refractivity contribution is 7.93. The van der Waals surface area contributed by atoms with Crippen molar-refractivity contribution in [3.63, 3.8) is 0 Å². The summed E-state index contributed by atoms with van der Waals surface area (Å²) < 4.78 is 35.0. The quantitative estimate of drug-likeness (QED) is 0.450. The van der Waals surface area contributed by atoms with Crippen molar-refractivity contribution in [3.8, 4) is 0 Å². The Bertz CT molecular complexity index is 1560. The number of ketones is 1. The molecule has 156 valence electrons. The Hall–Kier alpha value is -3.65. The first kappa shape index (κ1) is 19.3. The van der Waals surface area contributed by atoms with Crippen LogP contribution in [-0.2, 0) is 10.0 Å². The summed E-state index contributed by atoms with van der Waals surface area (Å²) in [6, 6.07) is 11.4. The number of sulfonamides is 1. The smallest absolute Gasteiger partial charge is 0.262 e. The molecule has 1 aliphatic rings. The minimum absolute atomic E-state index is 0.0688. The second-order valence-corrected chi connectivity index (χ2v) is 9.30. The Balaban J connectivity index is 1.66. The first-order valence-corrected chi connectivity index (χ1v) is 11.1. The lowest BCUT2D eigenvalue weighted by molar-refractivity contribution is 0.101. The van der Waals surface area contributed by atoms with Gasteiger partial charge in [-0.1, -0.05) is 12.1 Å². The molecular weight excluding hydrogens is 416 g/mol. The Morgan fingerprint density at radius 2 is 1.84 bits per heavy atom. The van der Waals surface area contributed by atoms with E-state index < -0.39 is 10.0 Å². The summed E-state index contributed by atoms with van der Waals surface area (Å²) in [5, 5.41) is 4.36. The molecule has 8 heteroatoms. The fourth-order valence-electron chi connectivity index (χ4n) is 4.21. The number of nitrogens with one attached hydrogen (secondary N) is 2. The van der Waals surface area contributed by atoms with Gasteiger partial charge < -0.3 is 9.73 Å². The van der Waals surface area contributed by atoms with E-state index in [1.54, 1.807) is 50.2 Å². The minimum atomic E-state index is -3.99. The molecule has 0 fully saturated rings. The largest absolute Gasteiger partial charge is 0.461 e. The summed E-state index contributed by atoms with van der Waals surface area (Å²) in [4.78, 5) is 24.3. The molecule has 1 amide bonds. The van der Waals surface area contributed by atoms with E-state index >= 15 is 0 Å². The maximum absolute atomic E-state index is 13.3. The molecule has 0 saturated heterocycles. The van der Waals surface area contributed by atoms with Gasteiger partial charge in [-0.2, -0.15) is 0 Å². The maximum atomic E-state index is 13.3. The van der Waals surface area contributed by atoms with Gasteiger partial charge in [-0.15, -0.1) is 0 Å². The van der Waals surface area contributed by atoms with E-state index in [2.05, 4.69) is 10.0 Å². The highest BCUT2D eigenvalue weighted by Gasteiger charge is 2.27. The number of carbonyl (C=O) groups is 2. The molecular formula is C23H18N2O5S. The third-order valence-electron chi connectivity index (χ3n) is 5.59. The summed E-state index contributed by atoms with van der Waals surface area (Å²) in [6.45, 7) is 4.92. The highest BCUT2D eigenvalue weighted by atomic mass is 32.2. The van der Waals surface area contributed by atoms with Crippen molar-refractivity contribution in [1.29, 1.82) is 0 Å². The zero-order valence-electron chi connectivity index (χ0n) is 17.0. The average molecular weight is 434 g/mol. The van der Waals surface area contributed by atoms with Crippen LogP contribution >= 0.6 is 0 Å². The molecule has 1 aromatic heterocycles. The molecule has 0 bridgehead atoms. The zero-order chi connectivity index (χ0) is 22.1. The van der Waals surface area contributed by atoms with Gasteiger partial charge in [0.15, 0.2) is 5.78 Å². The number of hydrogen-bond donors (Lipinski definition) is 2. The summed E-state index contributed by atoms with van der Waals surface area (Å²) in [6.07, 6.45) is 0. The van der Waals surface area contributed by atoms with E-state index in [9.17, 15) is 18.0 Å². The zero-order valence-corrected chi connectivity index (χ0v) is 17.8. The van der Waals surface area contributed by atoms with E-state index in [1.165, 1.54) is 13.0 Å². The molecule has 0 unspecified atom stereocenters. The number of Topliss-reactive ketones (excluding diaryl/α,β-unsaturated/α-hetero) is 1. The van der Waals surface area contributed by atoms with Gasteiger partial charge in [0.1, 0.15) is 11.3 Å². The molecule has 2 heterocycles. The number of carbonyl (C=O) groups excluding carboxylic acids is 2. The number of furan rings is 1. The third-order valence-corrected chi connectivity index (χ3v) is 7.01. The van der Waals surface area contributed by atoms with E-state index in [0.29, 0.717) is 55.6 Å². The number of anilines is 2. The molecule has 0 saturated carbocycles. The lowest BCUT2D eigenvalue weighted by atomic mass is 10.1. The summed E-state index contributed by atoms with van der Waals surface area (Å²) in [5.41, 5.74) is 3.01. The average Bonchev–Trinajstić information content (AvgIpc) is 3.19. The van der Waals surface area contributed by atoms with Crippen molar-refractivity contribution in [1.82, 2.24) is 0 Å². The minimum Gasteiger partial charge on any atom is -0.461 e. The standard InChI is InChI=1S/C23H18N2O5S/c1-11-9-19-16(21(12(2)26)13(3)30-19)10-18(11)25-31(28,29)20-8-7-17-22-14(20)5-4-6-15(22)23(27)24-17/h4-10,25H,1-3H3,(H,24,27). The molecule has 5 rings (SSSR count). The monoisotopic (exact) mass is 434 g/mol. The van der Waals surface area contributed by atoms with Crippen molar-refractivity contribution < 1.29 is 22.4 Å². The normalized spacial score (nSPS) is 13.1. The molecule has 0 spiro atoms. The number of amides is 1. The van der Waals surface area contributed by atoms with Gasteiger partial charge in [-0.05, 0) is 56.7 Å². The van der Waals surface area contributed by atoms with E-state index in [-0.39, 0.29) is 16.6 Å². The maximum Gasteiger partial charge on any atom is 0.262 e. The highest BCUT2D eigenvalue weighted by Crippen LogP contribution is 2.38. The Labute approximate surface area is 178 Å². The molecule has 7 nitrogen and oxygen atoms in total. The van der Waals surface area contributed by atoms with Crippen LogP contribution in [-0.4, -0.2) is 20.1 Å². The topological polar surface area (TPSA) is 105 Å². The Kier molecular flexibility index (Phi) is 4.00. The van der Waals surface area contributed by atoms with E-state index in [1.807, 2.05) is 0 Å². The second kappa shape index (κ2) is 6.42. The summed E-state index contributed by atoms with van der Waals surface area (Å²) in [7, 11) is -3.99. The number of hydrogen-bond acceptors (Lipinski definition) is 5. The summed E-state index contributed by atoms with van der Waals surface area (Å²) in [5.74, 6) is 0.0849. The van der Waals surface area contributed by atoms with Crippen LogP contribution in [0.2, 0.25) is 0 Å². The van der Waals surface area contributed by atoms with Crippen molar-refractivity contribution in [2.45, 2.75) is 25.7 Å². The number of aryl methyl sites for hydroxylation is 2. The lowest BCUT2D eigenvalue weighted by Crippen LogP contribution is -2.14. The molecule has 1 aliphatic heterocycles. The molecule has 0 atom stereocenters. The Morgan fingerprint density at radius 3 is 2.58 bits per heavy atom.